The van der Waals surface area contributed by atoms with E-state index in [-0.39, 0.29) is 17.8 Å². The molecule has 34 heavy (non-hydrogen) atoms. The molecule has 5 nitrogen and oxygen atoms in total. The minimum atomic E-state index is -0.334. The Morgan fingerprint density at radius 2 is 1.65 bits per heavy atom. The highest BCUT2D eigenvalue weighted by atomic mass is 19.1. The minimum absolute atomic E-state index is 0.136. The molecular weight excluding hydrogens is 435 g/mol. The van der Waals surface area contributed by atoms with Gasteiger partial charge in [-0.05, 0) is 86.4 Å². The molecule has 0 bridgehead atoms. The number of methoxy groups -OCH3 is 2. The Morgan fingerprint density at radius 1 is 0.912 bits per heavy atom. The fraction of sp³-hybridized carbons (Fsp3) is 0.500. The average molecular weight is 473 g/mol. The van der Waals surface area contributed by atoms with Gasteiger partial charge in [0, 0.05) is 6.42 Å². The Bertz CT molecular complexity index is 894. The summed E-state index contributed by atoms with van der Waals surface area (Å²) in [6.45, 7) is 2.24. The van der Waals surface area contributed by atoms with E-state index >= 15 is 0 Å². The summed E-state index contributed by atoms with van der Waals surface area (Å²) >= 11 is 0. The molecule has 0 N–H and O–H groups in total. The van der Waals surface area contributed by atoms with Crippen LogP contribution in [-0.4, -0.2) is 32.8 Å². The van der Waals surface area contributed by atoms with Gasteiger partial charge in [0.1, 0.15) is 11.6 Å². The van der Waals surface area contributed by atoms with Gasteiger partial charge in [-0.25, -0.2) is 9.18 Å². The van der Waals surface area contributed by atoms with Gasteiger partial charge in [0.2, 0.25) is 0 Å². The van der Waals surface area contributed by atoms with E-state index in [4.69, 9.17) is 14.2 Å². The smallest absolute Gasteiger partial charge is 0.337 e. The number of carbonyl (C=O) groups is 2. The third-order valence-corrected chi connectivity index (χ3v) is 6.07. The van der Waals surface area contributed by atoms with Crippen molar-refractivity contribution >= 4 is 11.9 Å². The minimum Gasteiger partial charge on any atom is -0.496 e. The fourth-order valence-corrected chi connectivity index (χ4v) is 4.19. The van der Waals surface area contributed by atoms with E-state index in [0.717, 1.165) is 62.7 Å². The van der Waals surface area contributed by atoms with Gasteiger partial charge in [-0.1, -0.05) is 31.4 Å². The molecule has 0 heterocycles. The molecule has 2 aromatic rings. The normalized spacial score (nSPS) is 11.6. The second kappa shape index (κ2) is 15.1. The number of esters is 2. The number of unbranched alkanes of at least 4 members (excludes halogenated alkanes) is 1. The summed E-state index contributed by atoms with van der Waals surface area (Å²) in [4.78, 5) is 23.3. The second-order valence-electron chi connectivity index (χ2n) is 8.49. The summed E-state index contributed by atoms with van der Waals surface area (Å²) in [6, 6.07) is 12.2. The summed E-state index contributed by atoms with van der Waals surface area (Å²) in [7, 11) is 2.98. The van der Waals surface area contributed by atoms with Crippen molar-refractivity contribution in [3.05, 3.63) is 65.0 Å². The molecule has 0 spiro atoms. The number of ether oxygens (including phenoxy) is 3. The largest absolute Gasteiger partial charge is 0.496 e. The Labute approximate surface area is 202 Å². The second-order valence-corrected chi connectivity index (χ2v) is 8.49. The molecule has 0 fully saturated rings. The summed E-state index contributed by atoms with van der Waals surface area (Å²) < 4.78 is 28.8. The van der Waals surface area contributed by atoms with Gasteiger partial charge in [0.25, 0.3) is 0 Å². The maximum Gasteiger partial charge on any atom is 0.337 e. The van der Waals surface area contributed by atoms with Crippen molar-refractivity contribution in [1.29, 1.82) is 0 Å². The number of aryl methyl sites for hydroxylation is 2. The highest BCUT2D eigenvalue weighted by Crippen LogP contribution is 2.26. The molecule has 0 aliphatic carbocycles. The van der Waals surface area contributed by atoms with Crippen LogP contribution >= 0.6 is 0 Å². The molecule has 0 saturated heterocycles. The summed E-state index contributed by atoms with van der Waals surface area (Å²) in [5.74, 6) is 0.489. The lowest BCUT2D eigenvalue weighted by Crippen LogP contribution is -2.07. The first-order valence-electron chi connectivity index (χ1n) is 12.1. The van der Waals surface area contributed by atoms with Crippen molar-refractivity contribution in [2.45, 2.75) is 64.7 Å². The van der Waals surface area contributed by atoms with Crippen molar-refractivity contribution in [3.8, 4) is 5.75 Å². The molecular formula is C28H37FO5. The molecule has 0 aromatic heterocycles. The van der Waals surface area contributed by atoms with Gasteiger partial charge in [-0.2, -0.15) is 0 Å². The third kappa shape index (κ3) is 9.54. The van der Waals surface area contributed by atoms with Crippen molar-refractivity contribution in [2.75, 3.05) is 20.8 Å². The molecule has 2 aromatic carbocycles. The molecule has 1 atom stereocenters. The lowest BCUT2D eigenvalue weighted by Gasteiger charge is -2.18. The van der Waals surface area contributed by atoms with Crippen molar-refractivity contribution in [3.63, 3.8) is 0 Å². The van der Waals surface area contributed by atoms with Crippen LogP contribution in [-0.2, 0) is 27.1 Å². The van der Waals surface area contributed by atoms with Crippen LogP contribution in [0.3, 0.4) is 0 Å². The first kappa shape index (κ1) is 27.4. The molecule has 2 rings (SSSR count). The van der Waals surface area contributed by atoms with Crippen molar-refractivity contribution in [1.82, 2.24) is 0 Å². The zero-order valence-electron chi connectivity index (χ0n) is 20.6. The fourth-order valence-electron chi connectivity index (χ4n) is 4.19. The molecule has 0 aliphatic heterocycles. The molecule has 6 heteroatoms. The van der Waals surface area contributed by atoms with Crippen LogP contribution in [0.15, 0.2) is 42.5 Å². The van der Waals surface area contributed by atoms with E-state index in [9.17, 15) is 14.0 Å². The van der Waals surface area contributed by atoms with Gasteiger partial charge in [-0.3, -0.25) is 4.79 Å². The first-order chi connectivity index (χ1) is 16.5. The molecule has 186 valence electrons. The monoisotopic (exact) mass is 472 g/mol. The number of carbonyl (C=O) groups excluding carboxylic acids is 2. The molecule has 0 amide bonds. The van der Waals surface area contributed by atoms with E-state index in [2.05, 4.69) is 0 Å². The van der Waals surface area contributed by atoms with Crippen LogP contribution in [0.25, 0.3) is 0 Å². The van der Waals surface area contributed by atoms with E-state index < -0.39 is 0 Å². The Balaban J connectivity index is 1.91. The van der Waals surface area contributed by atoms with Crippen LogP contribution in [0, 0.1) is 11.7 Å². The number of halogens is 1. The van der Waals surface area contributed by atoms with Crippen molar-refractivity contribution in [2.24, 2.45) is 5.92 Å². The number of benzene rings is 2. The maximum absolute atomic E-state index is 13.7. The number of hydrogen-bond donors (Lipinski definition) is 0. The first-order valence-corrected chi connectivity index (χ1v) is 12.1. The molecule has 1 unspecified atom stereocenters. The SMILES string of the molecule is CCOC(=O)CCCCC(CCCc1cc(F)ccc1OC)CCc1ccc(C(=O)OC)cc1. The number of hydrogen-bond acceptors (Lipinski definition) is 5. The van der Waals surface area contributed by atoms with Crippen LogP contribution in [0.5, 0.6) is 5.75 Å². The zero-order valence-corrected chi connectivity index (χ0v) is 20.6. The quantitative estimate of drug-likeness (QED) is 0.224. The van der Waals surface area contributed by atoms with Gasteiger partial charge >= 0.3 is 11.9 Å². The zero-order chi connectivity index (χ0) is 24.8. The van der Waals surface area contributed by atoms with E-state index in [1.807, 2.05) is 19.1 Å². The van der Waals surface area contributed by atoms with Crippen LogP contribution in [0.2, 0.25) is 0 Å². The van der Waals surface area contributed by atoms with Crippen LogP contribution < -0.4 is 4.74 Å². The molecule has 0 saturated carbocycles. The lowest BCUT2D eigenvalue weighted by atomic mass is 9.89. The number of rotatable bonds is 15. The summed E-state index contributed by atoms with van der Waals surface area (Å²) in [6.07, 6.45) is 7.90. The van der Waals surface area contributed by atoms with E-state index in [0.29, 0.717) is 24.5 Å². The highest BCUT2D eigenvalue weighted by Gasteiger charge is 2.13. The average Bonchev–Trinajstić information content (AvgIpc) is 2.84. The van der Waals surface area contributed by atoms with Gasteiger partial charge in [-0.15, -0.1) is 0 Å². The predicted molar refractivity (Wildman–Crippen MR) is 131 cm³/mol. The Morgan fingerprint density at radius 3 is 2.32 bits per heavy atom. The van der Waals surface area contributed by atoms with E-state index in [1.165, 1.54) is 18.7 Å². The standard InChI is InChI=1S/C28H37FO5/c1-4-34-27(30)11-6-5-8-21(9-7-10-24-20-25(29)18-19-26(24)32-2)12-13-22-14-16-23(17-15-22)28(31)33-3/h14-21H,4-13H2,1-3H3. The summed E-state index contributed by atoms with van der Waals surface area (Å²) in [5, 5.41) is 0. The highest BCUT2D eigenvalue weighted by molar-refractivity contribution is 5.89. The van der Waals surface area contributed by atoms with Gasteiger partial charge in [0.05, 0.1) is 26.4 Å². The summed E-state index contributed by atoms with van der Waals surface area (Å²) in [5.41, 5.74) is 2.61. The van der Waals surface area contributed by atoms with Gasteiger partial charge < -0.3 is 14.2 Å². The molecule has 0 radical (unpaired) electrons. The third-order valence-electron chi connectivity index (χ3n) is 6.07. The Kier molecular flexibility index (Phi) is 12.1. The van der Waals surface area contributed by atoms with Crippen LogP contribution in [0.1, 0.15) is 73.4 Å². The van der Waals surface area contributed by atoms with E-state index in [1.54, 1.807) is 31.4 Å². The topological polar surface area (TPSA) is 61.8 Å². The van der Waals surface area contributed by atoms with Crippen LogP contribution in [0.4, 0.5) is 4.39 Å². The van der Waals surface area contributed by atoms with Gasteiger partial charge in [0.15, 0.2) is 0 Å². The Hall–Kier alpha value is -2.89. The predicted octanol–water partition coefficient (Wildman–Crippen LogP) is 6.32. The molecule has 0 aliphatic rings. The maximum atomic E-state index is 13.7. The van der Waals surface area contributed by atoms with Crippen molar-refractivity contribution < 1.29 is 28.2 Å². The lowest BCUT2D eigenvalue weighted by molar-refractivity contribution is -0.143.